The van der Waals surface area contributed by atoms with E-state index < -0.39 is 51.5 Å². The summed E-state index contributed by atoms with van der Waals surface area (Å²) in [6.07, 6.45) is -9.91. The van der Waals surface area contributed by atoms with Gasteiger partial charge in [-0.2, -0.15) is 26.3 Å². The molecule has 1 amide bonds. The van der Waals surface area contributed by atoms with E-state index in [-0.39, 0.29) is 29.4 Å². The van der Waals surface area contributed by atoms with Gasteiger partial charge in [-0.1, -0.05) is 63.8 Å². The van der Waals surface area contributed by atoms with Gasteiger partial charge in [0.2, 0.25) is 0 Å². The summed E-state index contributed by atoms with van der Waals surface area (Å²) in [6.45, 7) is 0.0565. The Morgan fingerprint density at radius 1 is 1.13 bits per heavy atom. The summed E-state index contributed by atoms with van der Waals surface area (Å²) >= 11 is 11.4. The Labute approximate surface area is 227 Å². The van der Waals surface area contributed by atoms with Crippen LogP contribution in [0.25, 0.3) is 10.8 Å². The smallest absolute Gasteiger partial charge is 0.399 e. The van der Waals surface area contributed by atoms with Crippen molar-refractivity contribution < 1.29 is 40.8 Å². The Hall–Kier alpha value is -3.51. The summed E-state index contributed by atoms with van der Waals surface area (Å²) in [6, 6.07) is 10.2. The maximum absolute atomic E-state index is 14.5. The molecule has 0 saturated carbocycles. The van der Waals surface area contributed by atoms with Crippen LogP contribution in [0.2, 0.25) is 10.0 Å². The van der Waals surface area contributed by atoms with Crippen LogP contribution < -0.4 is 5.32 Å². The number of oxime groups is 2. The van der Waals surface area contributed by atoms with Crippen LogP contribution in [0.5, 0.6) is 0 Å². The predicted molar refractivity (Wildman–Crippen MR) is 133 cm³/mol. The van der Waals surface area contributed by atoms with Crippen molar-refractivity contribution in [2.45, 2.75) is 24.4 Å². The predicted octanol–water partition coefficient (Wildman–Crippen LogP) is 7.11. The molecule has 6 nitrogen and oxygen atoms in total. The van der Waals surface area contributed by atoms with E-state index in [1.54, 1.807) is 24.3 Å². The number of benzene rings is 3. The fraction of sp³-hybridized carbons (Fsp3) is 0.240. The lowest BCUT2D eigenvalue weighted by Gasteiger charge is -2.30. The van der Waals surface area contributed by atoms with Gasteiger partial charge < -0.3 is 15.0 Å². The lowest BCUT2D eigenvalue weighted by molar-refractivity contribution is -0.276. The molecule has 4 rings (SSSR count). The van der Waals surface area contributed by atoms with Crippen molar-refractivity contribution in [2.75, 3.05) is 13.7 Å². The number of rotatable bonds is 6. The minimum Gasteiger partial charge on any atom is -0.399 e. The minimum absolute atomic E-state index is 0.0565. The fourth-order valence-corrected chi connectivity index (χ4v) is 4.61. The zero-order valence-electron chi connectivity index (χ0n) is 19.8. The molecule has 0 spiro atoms. The highest BCUT2D eigenvalue weighted by Gasteiger charge is 2.63. The van der Waals surface area contributed by atoms with Gasteiger partial charge in [0, 0.05) is 23.1 Å². The molecule has 0 aliphatic carbocycles. The third-order valence-corrected chi connectivity index (χ3v) is 6.80. The first-order valence-electron chi connectivity index (χ1n) is 11.0. The summed E-state index contributed by atoms with van der Waals surface area (Å²) in [5.41, 5.74) is -5.49. The van der Waals surface area contributed by atoms with Crippen LogP contribution in [-0.2, 0) is 21.5 Å². The van der Waals surface area contributed by atoms with Gasteiger partial charge in [0.1, 0.15) is 7.11 Å². The van der Waals surface area contributed by atoms with E-state index in [0.29, 0.717) is 16.8 Å². The highest BCUT2D eigenvalue weighted by molar-refractivity contribution is 6.42. The molecule has 39 heavy (non-hydrogen) atoms. The van der Waals surface area contributed by atoms with E-state index in [1.807, 2.05) is 0 Å². The van der Waals surface area contributed by atoms with Gasteiger partial charge in [-0.3, -0.25) is 4.79 Å². The van der Waals surface area contributed by atoms with Gasteiger partial charge in [0.25, 0.3) is 11.5 Å². The SMILES string of the molecule is CON=CCNC(=O)c1ccc(C2=NOC(c3cc(Cl)c(Cl)c(C(F)(F)F)c3)(C(F)(F)F)C2)c2ccccc12. The fourth-order valence-electron chi connectivity index (χ4n) is 4.17. The molecule has 0 fully saturated rings. The summed E-state index contributed by atoms with van der Waals surface area (Å²) in [5, 5.41) is 8.89. The van der Waals surface area contributed by atoms with Crippen molar-refractivity contribution in [1.82, 2.24) is 5.32 Å². The molecule has 1 aliphatic rings. The van der Waals surface area contributed by atoms with Crippen LogP contribution in [0.4, 0.5) is 26.3 Å². The standard InChI is InChI=1S/C25H17Cl2F6N3O3/c1-38-35-9-8-34-22(37)17-7-6-16(14-4-2-3-5-15(14)17)20-12-23(39-36-20,25(31,32)33)13-10-18(24(28,29)30)21(27)19(26)11-13/h2-7,9-11H,8,12H2,1H3,(H,34,37). The number of halogens is 8. The van der Waals surface area contributed by atoms with E-state index in [1.165, 1.54) is 25.5 Å². The number of fused-ring (bicyclic) bond motifs is 1. The van der Waals surface area contributed by atoms with Crippen molar-refractivity contribution in [3.8, 4) is 0 Å². The Bertz CT molecular complexity index is 1490. The highest BCUT2D eigenvalue weighted by atomic mass is 35.5. The molecule has 0 bridgehead atoms. The number of nitrogens with one attached hydrogen (secondary N) is 1. The maximum atomic E-state index is 14.5. The number of alkyl halides is 6. The number of hydrogen-bond acceptors (Lipinski definition) is 5. The zero-order chi connectivity index (χ0) is 28.6. The molecule has 1 N–H and O–H groups in total. The van der Waals surface area contributed by atoms with Crippen molar-refractivity contribution in [3.63, 3.8) is 0 Å². The third kappa shape index (κ3) is 5.35. The van der Waals surface area contributed by atoms with E-state index in [4.69, 9.17) is 28.0 Å². The Morgan fingerprint density at radius 3 is 2.46 bits per heavy atom. The minimum atomic E-state index is -5.20. The quantitative estimate of drug-likeness (QED) is 0.189. The van der Waals surface area contributed by atoms with Crippen molar-refractivity contribution in [3.05, 3.63) is 80.8 Å². The molecule has 3 aromatic rings. The molecule has 14 heteroatoms. The zero-order valence-corrected chi connectivity index (χ0v) is 21.3. The van der Waals surface area contributed by atoms with Crippen molar-refractivity contribution in [2.24, 2.45) is 10.3 Å². The number of amides is 1. The molecule has 0 radical (unpaired) electrons. The van der Waals surface area contributed by atoms with Crippen LogP contribution in [-0.4, -0.2) is 37.7 Å². The average Bonchev–Trinajstić information content (AvgIpc) is 3.33. The van der Waals surface area contributed by atoms with E-state index >= 15 is 0 Å². The average molecular weight is 592 g/mol. The maximum Gasteiger partial charge on any atom is 0.435 e. The number of carbonyl (C=O) groups is 1. The molecule has 1 aliphatic heterocycles. The summed E-state index contributed by atoms with van der Waals surface area (Å²) in [4.78, 5) is 22.1. The lowest BCUT2D eigenvalue weighted by atomic mass is 9.84. The normalized spacial score (nSPS) is 17.8. The number of nitrogens with zero attached hydrogens (tertiary/aromatic N) is 2. The second-order valence-corrected chi connectivity index (χ2v) is 9.12. The van der Waals surface area contributed by atoms with Gasteiger partial charge in [0.15, 0.2) is 0 Å². The van der Waals surface area contributed by atoms with E-state index in [2.05, 4.69) is 20.5 Å². The Kier molecular flexibility index (Phi) is 7.72. The van der Waals surface area contributed by atoms with Crippen LogP contribution in [0.3, 0.4) is 0 Å². The lowest BCUT2D eigenvalue weighted by Crippen LogP contribution is -2.43. The Morgan fingerprint density at radius 2 is 1.82 bits per heavy atom. The monoisotopic (exact) mass is 591 g/mol. The topological polar surface area (TPSA) is 72.3 Å². The van der Waals surface area contributed by atoms with Gasteiger partial charge in [0.05, 0.1) is 34.1 Å². The molecule has 206 valence electrons. The van der Waals surface area contributed by atoms with E-state index in [0.717, 1.165) is 0 Å². The molecular weight excluding hydrogens is 575 g/mol. The first-order chi connectivity index (χ1) is 18.3. The van der Waals surface area contributed by atoms with Gasteiger partial charge in [-0.15, -0.1) is 0 Å². The van der Waals surface area contributed by atoms with Gasteiger partial charge in [-0.25, -0.2) is 0 Å². The number of hydrogen-bond donors (Lipinski definition) is 1. The highest BCUT2D eigenvalue weighted by Crippen LogP contribution is 2.51. The largest absolute Gasteiger partial charge is 0.435 e. The Balaban J connectivity index is 1.77. The summed E-state index contributed by atoms with van der Waals surface area (Å²) in [5.74, 6) is -0.481. The van der Waals surface area contributed by atoms with E-state index in [9.17, 15) is 31.1 Å². The molecule has 3 aromatic carbocycles. The summed E-state index contributed by atoms with van der Waals surface area (Å²) < 4.78 is 84.0. The van der Waals surface area contributed by atoms with Crippen LogP contribution in [0.15, 0.2) is 58.8 Å². The molecule has 0 aromatic heterocycles. The molecule has 1 unspecified atom stereocenters. The van der Waals surface area contributed by atoms with Crippen molar-refractivity contribution in [1.29, 1.82) is 0 Å². The second-order valence-electron chi connectivity index (χ2n) is 8.34. The van der Waals surface area contributed by atoms with Gasteiger partial charge >= 0.3 is 12.4 Å². The first kappa shape index (κ1) is 28.5. The summed E-state index contributed by atoms with van der Waals surface area (Å²) in [7, 11) is 1.34. The second kappa shape index (κ2) is 10.6. The van der Waals surface area contributed by atoms with Gasteiger partial charge in [-0.05, 0) is 29.0 Å². The molecule has 0 saturated heterocycles. The molecular formula is C25H17Cl2F6N3O3. The molecule has 1 atom stereocenters. The van der Waals surface area contributed by atoms with Crippen LogP contribution in [0.1, 0.15) is 33.5 Å². The van der Waals surface area contributed by atoms with Crippen LogP contribution in [0, 0.1) is 0 Å². The first-order valence-corrected chi connectivity index (χ1v) is 11.8. The number of carbonyl (C=O) groups excluding carboxylic acids is 1. The van der Waals surface area contributed by atoms with Crippen LogP contribution >= 0.6 is 23.2 Å². The third-order valence-electron chi connectivity index (χ3n) is 6.00. The molecule has 1 heterocycles. The van der Waals surface area contributed by atoms with Crippen molar-refractivity contribution >= 4 is 51.8 Å².